The summed E-state index contributed by atoms with van der Waals surface area (Å²) in [5, 5.41) is 34.5. The number of likely N-dealkylation sites (N-methyl/N-ethyl adjacent to an activating group) is 1. The molecule has 16 nitrogen and oxygen atoms in total. The molecule has 0 saturated heterocycles. The van der Waals surface area contributed by atoms with Crippen LogP contribution >= 0.6 is 0 Å². The standard InChI is InChI=1S/C20H23N7O7.C4H11NO/c21-20-25-16-15(18(32)26-20)27(9-28)12(8-23-16)7-22-11-3-1-10(2-4-11)17(31)24-13(19(33)34)5-6-14(29)30;1-5(2)3-4-6/h1-4,9,12-13,22H,5-8H2,(H,24,31)(H,29,30)(H,33,34)(H4,21,23,25,26,32);6H,3-4H2,1-2H3/t12-,13?;/m0./s1. The van der Waals surface area contributed by atoms with E-state index in [1.54, 1.807) is 12.1 Å². The quantitative estimate of drug-likeness (QED) is 0.142. The molecule has 0 spiro atoms. The van der Waals surface area contributed by atoms with Crippen LogP contribution in [-0.4, -0.2) is 107 Å². The number of aliphatic hydroxyl groups is 1. The number of aliphatic hydroxyl groups excluding tert-OH is 1. The number of hydrogen-bond donors (Lipinski definition) is 8. The Kier molecular flexibility index (Phi) is 11.8. The SMILES string of the molecule is CN(C)CCO.Nc1nc2c(c(=O)[nH]1)N(C=O)[C@@H](CNc1ccc(C(=O)NC(CCC(=O)O)C(=O)O)cc1)CN2. The lowest BCUT2D eigenvalue weighted by atomic mass is 10.1. The topological polar surface area (TPSA) is 243 Å². The number of nitrogens with two attached hydrogens (primary N) is 1. The smallest absolute Gasteiger partial charge is 0.326 e. The summed E-state index contributed by atoms with van der Waals surface area (Å²) in [5.41, 5.74) is 5.84. The monoisotopic (exact) mass is 562 g/mol. The van der Waals surface area contributed by atoms with E-state index < -0.39 is 41.9 Å². The van der Waals surface area contributed by atoms with Crippen LogP contribution in [-0.2, 0) is 14.4 Å². The Labute approximate surface area is 229 Å². The Morgan fingerprint density at radius 3 is 2.45 bits per heavy atom. The maximum Gasteiger partial charge on any atom is 0.326 e. The molecule has 1 aromatic heterocycles. The first-order valence-electron chi connectivity index (χ1n) is 12.2. The number of rotatable bonds is 12. The Morgan fingerprint density at radius 2 is 1.93 bits per heavy atom. The number of carboxylic acids is 2. The van der Waals surface area contributed by atoms with E-state index in [4.69, 9.17) is 15.9 Å². The van der Waals surface area contributed by atoms with E-state index in [0.717, 1.165) is 6.54 Å². The van der Waals surface area contributed by atoms with Crippen LogP contribution in [0.25, 0.3) is 0 Å². The first-order chi connectivity index (χ1) is 19.0. The van der Waals surface area contributed by atoms with Gasteiger partial charge in [0.15, 0.2) is 11.5 Å². The minimum absolute atomic E-state index is 0.0603. The van der Waals surface area contributed by atoms with Crippen LogP contribution in [0.3, 0.4) is 0 Å². The molecular formula is C24H34N8O8. The number of nitrogen functional groups attached to an aromatic ring is 1. The first kappa shape index (κ1) is 31.5. The van der Waals surface area contributed by atoms with E-state index in [9.17, 15) is 29.1 Å². The van der Waals surface area contributed by atoms with Crippen molar-refractivity contribution in [3.63, 3.8) is 0 Å². The number of nitrogens with one attached hydrogen (secondary N) is 4. The van der Waals surface area contributed by atoms with Crippen molar-refractivity contribution in [1.29, 1.82) is 0 Å². The number of anilines is 4. The van der Waals surface area contributed by atoms with E-state index in [-0.39, 0.29) is 42.6 Å². The van der Waals surface area contributed by atoms with Crippen molar-refractivity contribution in [2.24, 2.45) is 0 Å². The van der Waals surface area contributed by atoms with Crippen molar-refractivity contribution in [2.75, 3.05) is 61.6 Å². The molecule has 0 radical (unpaired) electrons. The van der Waals surface area contributed by atoms with Crippen molar-refractivity contribution in [2.45, 2.75) is 24.9 Å². The molecule has 1 aliphatic heterocycles. The molecule has 16 heteroatoms. The molecule has 1 aromatic carbocycles. The second-order valence-electron chi connectivity index (χ2n) is 8.98. The second kappa shape index (κ2) is 15.0. The Balaban J connectivity index is 0.000000840. The summed E-state index contributed by atoms with van der Waals surface area (Å²) in [6.45, 7) is 1.59. The van der Waals surface area contributed by atoms with Gasteiger partial charge in [0, 0.05) is 37.3 Å². The van der Waals surface area contributed by atoms with Crippen LogP contribution in [0.15, 0.2) is 29.1 Å². The number of nitrogens with zero attached hydrogens (tertiary/aromatic N) is 3. The number of aliphatic carboxylic acids is 2. The molecule has 9 N–H and O–H groups in total. The zero-order chi connectivity index (χ0) is 29.8. The van der Waals surface area contributed by atoms with Crippen LogP contribution in [0.4, 0.5) is 23.1 Å². The van der Waals surface area contributed by atoms with Gasteiger partial charge in [-0.25, -0.2) is 4.79 Å². The predicted octanol–water partition coefficient (Wildman–Crippen LogP) is -1.19. The largest absolute Gasteiger partial charge is 0.481 e. The summed E-state index contributed by atoms with van der Waals surface area (Å²) in [6.07, 6.45) is -0.101. The molecule has 2 atom stereocenters. The number of H-pyrrole nitrogens is 1. The number of carbonyl (C=O) groups excluding carboxylic acids is 2. The molecular weight excluding hydrogens is 528 g/mol. The van der Waals surface area contributed by atoms with E-state index in [1.165, 1.54) is 17.0 Å². The Hall–Kier alpha value is -4.70. The third-order valence-electron chi connectivity index (χ3n) is 5.67. The van der Waals surface area contributed by atoms with Crippen molar-refractivity contribution in [3.8, 4) is 0 Å². The van der Waals surface area contributed by atoms with Gasteiger partial charge in [0.1, 0.15) is 6.04 Å². The lowest BCUT2D eigenvalue weighted by Crippen LogP contribution is -2.50. The van der Waals surface area contributed by atoms with E-state index >= 15 is 0 Å². The van der Waals surface area contributed by atoms with Gasteiger partial charge in [0.05, 0.1) is 12.6 Å². The average molecular weight is 563 g/mol. The number of aromatic nitrogens is 2. The van der Waals surface area contributed by atoms with E-state index in [2.05, 4.69) is 25.9 Å². The van der Waals surface area contributed by atoms with E-state index in [1.807, 2.05) is 19.0 Å². The second-order valence-corrected chi connectivity index (χ2v) is 8.98. The lowest BCUT2D eigenvalue weighted by Gasteiger charge is -2.34. The summed E-state index contributed by atoms with van der Waals surface area (Å²) < 4.78 is 0. The number of carbonyl (C=O) groups is 4. The summed E-state index contributed by atoms with van der Waals surface area (Å²) in [5.74, 6) is -3.00. The van der Waals surface area contributed by atoms with E-state index in [0.29, 0.717) is 18.6 Å². The van der Waals surface area contributed by atoms with Crippen LogP contribution in [0, 0.1) is 0 Å². The van der Waals surface area contributed by atoms with Gasteiger partial charge in [0.2, 0.25) is 12.4 Å². The minimum Gasteiger partial charge on any atom is -0.481 e. The zero-order valence-electron chi connectivity index (χ0n) is 22.1. The molecule has 0 saturated carbocycles. The highest BCUT2D eigenvalue weighted by Gasteiger charge is 2.29. The third kappa shape index (κ3) is 9.25. The number of aromatic amines is 1. The third-order valence-corrected chi connectivity index (χ3v) is 5.67. The molecule has 1 aliphatic rings. The maximum atomic E-state index is 12.3. The van der Waals surface area contributed by atoms with Crippen LogP contribution in [0.2, 0.25) is 0 Å². The van der Waals surface area contributed by atoms with Crippen LogP contribution < -0.4 is 32.1 Å². The van der Waals surface area contributed by atoms with Gasteiger partial charge < -0.3 is 46.8 Å². The summed E-state index contributed by atoms with van der Waals surface area (Å²) in [7, 11) is 3.85. The summed E-state index contributed by atoms with van der Waals surface area (Å²) in [4.78, 5) is 67.7. The molecule has 0 bridgehead atoms. The highest BCUT2D eigenvalue weighted by Crippen LogP contribution is 2.25. The van der Waals surface area contributed by atoms with Gasteiger partial charge in [-0.1, -0.05) is 0 Å². The lowest BCUT2D eigenvalue weighted by molar-refractivity contribution is -0.140. The van der Waals surface area contributed by atoms with Crippen molar-refractivity contribution < 1.29 is 34.5 Å². The van der Waals surface area contributed by atoms with Crippen molar-refractivity contribution in [3.05, 3.63) is 40.2 Å². The molecule has 3 rings (SSSR count). The molecule has 40 heavy (non-hydrogen) atoms. The normalized spacial score (nSPS) is 14.6. The minimum atomic E-state index is -1.33. The van der Waals surface area contributed by atoms with Gasteiger partial charge in [-0.15, -0.1) is 0 Å². The molecule has 2 amide bonds. The van der Waals surface area contributed by atoms with Crippen molar-refractivity contribution in [1.82, 2.24) is 20.2 Å². The Morgan fingerprint density at radius 1 is 1.25 bits per heavy atom. The maximum absolute atomic E-state index is 12.3. The van der Waals surface area contributed by atoms with Gasteiger partial charge in [-0.2, -0.15) is 4.98 Å². The fraction of sp³-hybridized carbons (Fsp3) is 0.417. The molecule has 1 unspecified atom stereocenters. The first-order valence-corrected chi connectivity index (χ1v) is 12.2. The number of benzene rings is 1. The fourth-order valence-corrected chi connectivity index (χ4v) is 3.59. The number of hydrogen-bond acceptors (Lipinski definition) is 11. The van der Waals surface area contributed by atoms with Gasteiger partial charge in [-0.05, 0) is 44.8 Å². The summed E-state index contributed by atoms with van der Waals surface area (Å²) >= 11 is 0. The number of carboxylic acid groups (broad SMARTS) is 2. The number of fused-ring (bicyclic) bond motifs is 1. The van der Waals surface area contributed by atoms with Gasteiger partial charge in [-0.3, -0.25) is 24.2 Å². The molecule has 218 valence electrons. The fourth-order valence-electron chi connectivity index (χ4n) is 3.59. The predicted molar refractivity (Wildman–Crippen MR) is 146 cm³/mol. The van der Waals surface area contributed by atoms with Crippen LogP contribution in [0.5, 0.6) is 0 Å². The number of amides is 2. The zero-order valence-corrected chi connectivity index (χ0v) is 22.1. The molecule has 2 aromatic rings. The van der Waals surface area contributed by atoms with Gasteiger partial charge in [0.25, 0.3) is 11.5 Å². The van der Waals surface area contributed by atoms with Gasteiger partial charge >= 0.3 is 11.9 Å². The molecule has 0 fully saturated rings. The summed E-state index contributed by atoms with van der Waals surface area (Å²) in [6, 6.07) is 4.36. The molecule has 0 aliphatic carbocycles. The average Bonchev–Trinajstić information content (AvgIpc) is 2.89. The van der Waals surface area contributed by atoms with Crippen LogP contribution in [0.1, 0.15) is 23.2 Å². The highest BCUT2D eigenvalue weighted by molar-refractivity contribution is 5.97. The Bertz CT molecular complexity index is 1230. The van der Waals surface area contributed by atoms with Crippen molar-refractivity contribution >= 4 is 47.4 Å². The molecule has 2 heterocycles. The highest BCUT2D eigenvalue weighted by atomic mass is 16.4.